The Morgan fingerprint density at radius 1 is 1.07 bits per heavy atom. The summed E-state index contributed by atoms with van der Waals surface area (Å²) in [7, 11) is 0. The number of carbonyl (C=O) groups is 2. The lowest BCUT2D eigenvalue weighted by Gasteiger charge is -2.08. The summed E-state index contributed by atoms with van der Waals surface area (Å²) < 4.78 is 44.7. The molecule has 0 saturated carbocycles. The molecule has 0 fully saturated rings. The van der Waals surface area contributed by atoms with E-state index < -0.39 is 35.5 Å². The molecule has 1 N–H and O–H groups in total. The second-order valence-corrected chi connectivity index (χ2v) is 5.41. The van der Waals surface area contributed by atoms with Crippen molar-refractivity contribution in [1.29, 1.82) is 0 Å². The number of nitrogens with one attached hydrogen (secondary N) is 1. The van der Waals surface area contributed by atoms with E-state index in [0.29, 0.717) is 5.56 Å². The first-order valence-electron chi connectivity index (χ1n) is 7.87. The minimum absolute atomic E-state index is 0.141. The molecule has 0 heterocycles. The smallest absolute Gasteiger partial charge is 0.452 e. The predicted octanol–water partition coefficient (Wildman–Crippen LogP) is 3.69. The SMILES string of the molecule is O=C(COC(=O)/C=C/c1ccc(OC(F)(F)F)cc1)Nc1ccc([N+](=O)[O-])cc1. The van der Waals surface area contributed by atoms with Crippen LogP contribution in [-0.4, -0.2) is 29.8 Å². The third-order valence-electron chi connectivity index (χ3n) is 3.23. The van der Waals surface area contributed by atoms with E-state index in [0.717, 1.165) is 18.2 Å². The number of nitro benzene ring substituents is 1. The van der Waals surface area contributed by atoms with Gasteiger partial charge in [-0.15, -0.1) is 13.2 Å². The molecule has 1 amide bonds. The molecule has 2 aromatic rings. The van der Waals surface area contributed by atoms with Crippen molar-refractivity contribution in [3.8, 4) is 5.75 Å². The van der Waals surface area contributed by atoms with Crippen LogP contribution in [0, 0.1) is 10.1 Å². The largest absolute Gasteiger partial charge is 0.573 e. The van der Waals surface area contributed by atoms with Crippen LogP contribution in [-0.2, 0) is 14.3 Å². The van der Waals surface area contributed by atoms with Gasteiger partial charge < -0.3 is 14.8 Å². The molecule has 11 heteroatoms. The van der Waals surface area contributed by atoms with Gasteiger partial charge in [0.05, 0.1) is 4.92 Å². The number of nitrogens with zero attached hydrogens (tertiary/aromatic N) is 1. The van der Waals surface area contributed by atoms with Crippen molar-refractivity contribution in [1.82, 2.24) is 0 Å². The van der Waals surface area contributed by atoms with E-state index in [1.807, 2.05) is 0 Å². The molecule has 2 rings (SSSR count). The monoisotopic (exact) mass is 410 g/mol. The molecule has 2 aromatic carbocycles. The maximum absolute atomic E-state index is 12.1. The van der Waals surface area contributed by atoms with Crippen LogP contribution in [0.1, 0.15) is 5.56 Å². The van der Waals surface area contributed by atoms with E-state index in [2.05, 4.69) is 10.1 Å². The molecule has 0 spiro atoms. The Hall–Kier alpha value is -3.89. The molecule has 0 aromatic heterocycles. The highest BCUT2D eigenvalue weighted by Crippen LogP contribution is 2.23. The van der Waals surface area contributed by atoms with Crippen molar-refractivity contribution < 1.29 is 37.2 Å². The molecule has 0 aliphatic heterocycles. The fraction of sp³-hybridized carbons (Fsp3) is 0.111. The summed E-state index contributed by atoms with van der Waals surface area (Å²) in [5.74, 6) is -1.91. The number of hydrogen-bond donors (Lipinski definition) is 1. The van der Waals surface area contributed by atoms with Gasteiger partial charge in [-0.05, 0) is 35.9 Å². The Morgan fingerprint density at radius 3 is 2.24 bits per heavy atom. The van der Waals surface area contributed by atoms with Crippen molar-refractivity contribution in [3.63, 3.8) is 0 Å². The average Bonchev–Trinajstić information content (AvgIpc) is 2.65. The lowest BCUT2D eigenvalue weighted by Crippen LogP contribution is -2.20. The second kappa shape index (κ2) is 9.35. The fourth-order valence-electron chi connectivity index (χ4n) is 1.99. The summed E-state index contributed by atoms with van der Waals surface area (Å²) in [4.78, 5) is 33.3. The molecule has 0 aliphatic carbocycles. The average molecular weight is 410 g/mol. The van der Waals surface area contributed by atoms with Gasteiger partial charge in [0, 0.05) is 23.9 Å². The third-order valence-corrected chi connectivity index (χ3v) is 3.23. The van der Waals surface area contributed by atoms with Crippen LogP contribution in [0.5, 0.6) is 5.75 Å². The number of benzene rings is 2. The minimum Gasteiger partial charge on any atom is -0.452 e. The quantitative estimate of drug-likeness (QED) is 0.323. The van der Waals surface area contributed by atoms with Crippen LogP contribution in [0.25, 0.3) is 6.08 Å². The van der Waals surface area contributed by atoms with Crippen LogP contribution in [0.2, 0.25) is 0 Å². The number of halogens is 3. The highest BCUT2D eigenvalue weighted by atomic mass is 19.4. The normalized spacial score (nSPS) is 11.1. The van der Waals surface area contributed by atoms with Gasteiger partial charge in [-0.2, -0.15) is 0 Å². The van der Waals surface area contributed by atoms with E-state index in [1.165, 1.54) is 42.5 Å². The van der Waals surface area contributed by atoms with Gasteiger partial charge in [-0.1, -0.05) is 12.1 Å². The van der Waals surface area contributed by atoms with Gasteiger partial charge in [-0.3, -0.25) is 14.9 Å². The van der Waals surface area contributed by atoms with Crippen molar-refractivity contribution in [3.05, 3.63) is 70.3 Å². The predicted molar refractivity (Wildman–Crippen MR) is 94.8 cm³/mol. The second-order valence-electron chi connectivity index (χ2n) is 5.41. The first-order valence-corrected chi connectivity index (χ1v) is 7.87. The molecule has 29 heavy (non-hydrogen) atoms. The molecule has 152 valence electrons. The zero-order chi connectivity index (χ0) is 21.4. The minimum atomic E-state index is -4.80. The summed E-state index contributed by atoms with van der Waals surface area (Å²) in [6.45, 7) is -0.599. The standard InChI is InChI=1S/C18H13F3N2O6/c19-18(20,21)29-15-8-1-12(2-9-15)3-10-17(25)28-11-16(24)22-13-4-6-14(7-5-13)23(26)27/h1-10H,11H2,(H,22,24)/b10-3+. The molecule has 0 atom stereocenters. The number of nitro groups is 1. The summed E-state index contributed by atoms with van der Waals surface area (Å²) in [5, 5.41) is 12.9. The van der Waals surface area contributed by atoms with Crippen LogP contribution in [0.3, 0.4) is 0 Å². The molecule has 8 nitrogen and oxygen atoms in total. The number of amides is 1. The number of alkyl halides is 3. The molecule has 0 bridgehead atoms. The number of non-ortho nitro benzene ring substituents is 1. The Bertz CT molecular complexity index is 909. The van der Waals surface area contributed by atoms with Crippen LogP contribution >= 0.6 is 0 Å². The zero-order valence-corrected chi connectivity index (χ0v) is 14.5. The number of anilines is 1. The highest BCUT2D eigenvalue weighted by molar-refractivity contribution is 5.94. The molecular formula is C18H13F3N2O6. The van der Waals surface area contributed by atoms with Gasteiger partial charge in [0.25, 0.3) is 11.6 Å². The number of rotatable bonds is 7. The Balaban J connectivity index is 1.79. The first kappa shape index (κ1) is 21.4. The fourth-order valence-corrected chi connectivity index (χ4v) is 1.99. The Morgan fingerprint density at radius 2 is 1.69 bits per heavy atom. The van der Waals surface area contributed by atoms with E-state index in [-0.39, 0.29) is 11.4 Å². The van der Waals surface area contributed by atoms with Gasteiger partial charge in [0.15, 0.2) is 6.61 Å². The topological polar surface area (TPSA) is 108 Å². The highest BCUT2D eigenvalue weighted by Gasteiger charge is 2.30. The number of ether oxygens (including phenoxy) is 2. The summed E-state index contributed by atoms with van der Waals surface area (Å²) >= 11 is 0. The number of hydrogen-bond acceptors (Lipinski definition) is 6. The molecular weight excluding hydrogens is 397 g/mol. The van der Waals surface area contributed by atoms with Gasteiger partial charge in [0.1, 0.15) is 5.75 Å². The number of esters is 1. The summed E-state index contributed by atoms with van der Waals surface area (Å²) in [6, 6.07) is 9.81. The van der Waals surface area contributed by atoms with Crippen LogP contribution in [0.15, 0.2) is 54.6 Å². The first-order chi connectivity index (χ1) is 13.6. The van der Waals surface area contributed by atoms with Gasteiger partial charge >= 0.3 is 12.3 Å². The van der Waals surface area contributed by atoms with Gasteiger partial charge in [-0.25, -0.2) is 4.79 Å². The maximum Gasteiger partial charge on any atom is 0.573 e. The lowest BCUT2D eigenvalue weighted by molar-refractivity contribution is -0.384. The lowest BCUT2D eigenvalue weighted by atomic mass is 10.2. The third kappa shape index (κ3) is 7.71. The zero-order valence-electron chi connectivity index (χ0n) is 14.5. The van der Waals surface area contributed by atoms with Crippen molar-refractivity contribution in [2.45, 2.75) is 6.36 Å². The van der Waals surface area contributed by atoms with Crippen molar-refractivity contribution in [2.24, 2.45) is 0 Å². The van der Waals surface area contributed by atoms with Gasteiger partial charge in [0.2, 0.25) is 0 Å². The summed E-state index contributed by atoms with van der Waals surface area (Å²) in [5.41, 5.74) is 0.553. The molecule has 0 radical (unpaired) electrons. The molecule has 0 unspecified atom stereocenters. The Labute approximate surface area is 161 Å². The molecule has 0 saturated heterocycles. The van der Waals surface area contributed by atoms with E-state index in [1.54, 1.807) is 0 Å². The maximum atomic E-state index is 12.1. The van der Waals surface area contributed by atoms with E-state index in [9.17, 15) is 32.9 Å². The van der Waals surface area contributed by atoms with Crippen LogP contribution in [0.4, 0.5) is 24.5 Å². The summed E-state index contributed by atoms with van der Waals surface area (Å²) in [6.07, 6.45) is -2.51. The Kier molecular flexibility index (Phi) is 6.90. The van der Waals surface area contributed by atoms with E-state index >= 15 is 0 Å². The number of carbonyl (C=O) groups excluding carboxylic acids is 2. The molecule has 0 aliphatic rings. The van der Waals surface area contributed by atoms with Crippen molar-refractivity contribution >= 4 is 29.3 Å². The van der Waals surface area contributed by atoms with Crippen molar-refractivity contribution in [2.75, 3.05) is 11.9 Å². The van der Waals surface area contributed by atoms with Crippen LogP contribution < -0.4 is 10.1 Å². The van der Waals surface area contributed by atoms with E-state index in [4.69, 9.17) is 4.74 Å².